The number of nitrogen functional groups attached to an aromatic ring is 1. The fourth-order valence-corrected chi connectivity index (χ4v) is 1.30. The zero-order valence-electron chi connectivity index (χ0n) is 10.6. The molecule has 2 amide bonds. The van der Waals surface area contributed by atoms with Crippen LogP contribution in [0.2, 0.25) is 0 Å². The Morgan fingerprint density at radius 2 is 1.95 bits per heavy atom. The molecule has 5 N–H and O–H groups in total. The number of nitrogens with one attached hydrogen (secondary N) is 2. The van der Waals surface area contributed by atoms with Gasteiger partial charge in [0.1, 0.15) is 6.54 Å². The fourth-order valence-electron chi connectivity index (χ4n) is 1.30. The Kier molecular flexibility index (Phi) is 5.76. The lowest BCUT2D eigenvalue weighted by Crippen LogP contribution is -2.38. The second-order valence-corrected chi connectivity index (χ2v) is 3.89. The van der Waals surface area contributed by atoms with Gasteiger partial charge < -0.3 is 21.5 Å². The van der Waals surface area contributed by atoms with Crippen molar-refractivity contribution in [1.82, 2.24) is 10.6 Å². The van der Waals surface area contributed by atoms with Crippen molar-refractivity contribution in [3.8, 4) is 0 Å². The lowest BCUT2D eigenvalue weighted by Gasteiger charge is -2.02. The highest BCUT2D eigenvalue weighted by atomic mass is 16.4. The Hall–Kier alpha value is -2.83. The summed E-state index contributed by atoms with van der Waals surface area (Å²) in [6.45, 7) is -0.763. The summed E-state index contributed by atoms with van der Waals surface area (Å²) >= 11 is 0. The van der Waals surface area contributed by atoms with Crippen LogP contribution in [0.3, 0.4) is 0 Å². The minimum absolute atomic E-state index is 0.284. The molecule has 0 aliphatic carbocycles. The number of hydrogen-bond acceptors (Lipinski definition) is 4. The molecule has 0 unspecified atom stereocenters. The molecule has 7 heteroatoms. The van der Waals surface area contributed by atoms with E-state index in [1.807, 2.05) is 0 Å². The van der Waals surface area contributed by atoms with Gasteiger partial charge in [0, 0.05) is 11.8 Å². The van der Waals surface area contributed by atoms with Crippen molar-refractivity contribution in [2.24, 2.45) is 0 Å². The Labute approximate surface area is 115 Å². The van der Waals surface area contributed by atoms with Crippen molar-refractivity contribution in [3.63, 3.8) is 0 Å². The van der Waals surface area contributed by atoms with Crippen LogP contribution in [0, 0.1) is 0 Å². The summed E-state index contributed by atoms with van der Waals surface area (Å²) in [5.74, 6) is -2.18. The number of carbonyl (C=O) groups excluding carboxylic acids is 2. The minimum Gasteiger partial charge on any atom is -0.480 e. The molecule has 0 saturated carbocycles. The summed E-state index contributed by atoms with van der Waals surface area (Å²) < 4.78 is 0. The van der Waals surface area contributed by atoms with Gasteiger partial charge in [-0.2, -0.15) is 0 Å². The normalized spacial score (nSPS) is 10.2. The molecule has 1 aromatic carbocycles. The van der Waals surface area contributed by atoms with E-state index in [4.69, 9.17) is 10.8 Å². The number of carboxylic acid groups (broad SMARTS) is 1. The molecule has 20 heavy (non-hydrogen) atoms. The van der Waals surface area contributed by atoms with Crippen molar-refractivity contribution < 1.29 is 19.5 Å². The SMILES string of the molecule is Nc1cccc(/C=C/C(=O)NCC(=O)NCC(=O)O)c1. The monoisotopic (exact) mass is 277 g/mol. The molecular weight excluding hydrogens is 262 g/mol. The van der Waals surface area contributed by atoms with Crippen LogP contribution in [0.1, 0.15) is 5.56 Å². The first-order chi connectivity index (χ1) is 9.47. The summed E-state index contributed by atoms with van der Waals surface area (Å²) in [7, 11) is 0. The predicted molar refractivity (Wildman–Crippen MR) is 73.5 cm³/mol. The van der Waals surface area contributed by atoms with Crippen LogP contribution >= 0.6 is 0 Å². The van der Waals surface area contributed by atoms with Crippen LogP contribution in [0.4, 0.5) is 5.69 Å². The average Bonchev–Trinajstić information content (AvgIpc) is 2.40. The Balaban J connectivity index is 2.36. The minimum atomic E-state index is -1.15. The van der Waals surface area contributed by atoms with Crippen molar-refractivity contribution in [3.05, 3.63) is 35.9 Å². The Morgan fingerprint density at radius 3 is 2.60 bits per heavy atom. The van der Waals surface area contributed by atoms with E-state index in [2.05, 4.69) is 10.6 Å². The van der Waals surface area contributed by atoms with Crippen molar-refractivity contribution in [1.29, 1.82) is 0 Å². The molecule has 0 aliphatic rings. The highest BCUT2D eigenvalue weighted by molar-refractivity contribution is 5.94. The second-order valence-electron chi connectivity index (χ2n) is 3.89. The molecule has 0 bridgehead atoms. The molecule has 106 valence electrons. The van der Waals surface area contributed by atoms with Gasteiger partial charge in [-0.15, -0.1) is 0 Å². The molecule has 0 radical (unpaired) electrons. The number of anilines is 1. The maximum atomic E-state index is 11.4. The summed E-state index contributed by atoms with van der Waals surface area (Å²) in [5.41, 5.74) is 6.93. The van der Waals surface area contributed by atoms with Gasteiger partial charge in [-0.3, -0.25) is 14.4 Å². The molecule has 0 aliphatic heterocycles. The third-order valence-electron chi connectivity index (χ3n) is 2.20. The van der Waals surface area contributed by atoms with Crippen molar-refractivity contribution in [2.45, 2.75) is 0 Å². The quantitative estimate of drug-likeness (QED) is 0.416. The maximum absolute atomic E-state index is 11.4. The molecule has 0 atom stereocenters. The van der Waals surface area contributed by atoms with Gasteiger partial charge in [0.05, 0.1) is 6.54 Å². The summed E-state index contributed by atoms with van der Waals surface area (Å²) in [4.78, 5) is 32.8. The molecule has 0 heterocycles. The fraction of sp³-hybridized carbons (Fsp3) is 0.154. The third-order valence-corrected chi connectivity index (χ3v) is 2.20. The first-order valence-corrected chi connectivity index (χ1v) is 5.77. The van der Waals surface area contributed by atoms with Gasteiger partial charge in [-0.05, 0) is 23.8 Å². The number of amides is 2. The summed E-state index contributed by atoms with van der Waals surface area (Å²) in [6, 6.07) is 6.96. The average molecular weight is 277 g/mol. The molecule has 0 saturated heterocycles. The number of hydrogen-bond donors (Lipinski definition) is 4. The van der Waals surface area contributed by atoms with Crippen molar-refractivity contribution >= 4 is 29.5 Å². The molecule has 1 rings (SSSR count). The molecule has 0 aromatic heterocycles. The van der Waals surface area contributed by atoms with Gasteiger partial charge in [-0.1, -0.05) is 12.1 Å². The number of carboxylic acids is 1. The van der Waals surface area contributed by atoms with Gasteiger partial charge >= 0.3 is 5.97 Å². The second kappa shape index (κ2) is 7.57. The Morgan fingerprint density at radius 1 is 1.20 bits per heavy atom. The zero-order valence-corrected chi connectivity index (χ0v) is 10.6. The Bertz CT molecular complexity index is 540. The highest BCUT2D eigenvalue weighted by Crippen LogP contribution is 2.07. The van der Waals surface area contributed by atoms with E-state index < -0.39 is 24.3 Å². The molecular formula is C13H15N3O4. The third kappa shape index (κ3) is 6.20. The van der Waals surface area contributed by atoms with E-state index in [9.17, 15) is 14.4 Å². The maximum Gasteiger partial charge on any atom is 0.322 e. The van der Waals surface area contributed by atoms with Crippen LogP contribution in [0.5, 0.6) is 0 Å². The van der Waals surface area contributed by atoms with Gasteiger partial charge in [0.15, 0.2) is 0 Å². The van der Waals surface area contributed by atoms with E-state index in [1.165, 1.54) is 6.08 Å². The van der Waals surface area contributed by atoms with E-state index in [0.29, 0.717) is 5.69 Å². The van der Waals surface area contributed by atoms with Crippen LogP contribution in [0.25, 0.3) is 6.08 Å². The van der Waals surface area contributed by atoms with Crippen LogP contribution in [-0.2, 0) is 14.4 Å². The van der Waals surface area contributed by atoms with Crippen molar-refractivity contribution in [2.75, 3.05) is 18.8 Å². The zero-order chi connectivity index (χ0) is 15.0. The number of carbonyl (C=O) groups is 3. The number of nitrogens with two attached hydrogens (primary N) is 1. The van der Waals surface area contributed by atoms with Crippen LogP contribution in [0.15, 0.2) is 30.3 Å². The molecule has 7 nitrogen and oxygen atoms in total. The van der Waals surface area contributed by atoms with Gasteiger partial charge in [-0.25, -0.2) is 0 Å². The predicted octanol–water partition coefficient (Wildman–Crippen LogP) is -0.401. The van der Waals surface area contributed by atoms with E-state index in [0.717, 1.165) is 5.56 Å². The van der Waals surface area contributed by atoms with E-state index >= 15 is 0 Å². The molecule has 0 spiro atoms. The summed E-state index contributed by atoms with van der Waals surface area (Å²) in [6.07, 6.45) is 2.82. The summed E-state index contributed by atoms with van der Waals surface area (Å²) in [5, 5.41) is 12.8. The van der Waals surface area contributed by atoms with E-state index in [-0.39, 0.29) is 6.54 Å². The van der Waals surface area contributed by atoms with Gasteiger partial charge in [0.2, 0.25) is 11.8 Å². The standard InChI is InChI=1S/C13H15N3O4/c14-10-3-1-2-9(6-10)4-5-11(17)15-7-12(18)16-8-13(19)20/h1-6H,7-8,14H2,(H,15,17)(H,16,18)(H,19,20)/b5-4+. The number of benzene rings is 1. The van der Waals surface area contributed by atoms with Crippen LogP contribution < -0.4 is 16.4 Å². The first kappa shape index (κ1) is 15.2. The largest absolute Gasteiger partial charge is 0.480 e. The molecule has 0 fully saturated rings. The number of rotatable bonds is 6. The van der Waals surface area contributed by atoms with E-state index in [1.54, 1.807) is 30.3 Å². The lowest BCUT2D eigenvalue weighted by molar-refractivity contribution is -0.137. The smallest absolute Gasteiger partial charge is 0.322 e. The topological polar surface area (TPSA) is 122 Å². The lowest BCUT2D eigenvalue weighted by atomic mass is 10.2. The van der Waals surface area contributed by atoms with Crippen LogP contribution in [-0.4, -0.2) is 36.0 Å². The number of aliphatic carboxylic acids is 1. The molecule has 1 aromatic rings. The highest BCUT2D eigenvalue weighted by Gasteiger charge is 2.04. The van der Waals surface area contributed by atoms with Gasteiger partial charge in [0.25, 0.3) is 0 Å². The first-order valence-electron chi connectivity index (χ1n) is 5.77.